The molecule has 0 aliphatic rings. The number of carbonyl (C=O) groups is 1. The van der Waals surface area contributed by atoms with Gasteiger partial charge in [-0.05, 0) is 24.6 Å². The van der Waals surface area contributed by atoms with E-state index in [1.165, 1.54) is 18.2 Å². The second-order valence-electron chi connectivity index (χ2n) is 2.90. The topological polar surface area (TPSA) is 87.0 Å². The summed E-state index contributed by atoms with van der Waals surface area (Å²) in [6.07, 6.45) is -1.61. The molecule has 0 spiro atoms. The number of ether oxygens (including phenoxy) is 1. The molecular weight excluding hydrogens is 200 g/mol. The first-order valence-electron chi connectivity index (χ1n) is 4.42. The number of hydrogen-bond donors (Lipinski definition) is 3. The molecule has 1 atom stereocenters. The van der Waals surface area contributed by atoms with Gasteiger partial charge in [-0.2, -0.15) is 0 Å². The third-order valence-electron chi connectivity index (χ3n) is 1.83. The van der Waals surface area contributed by atoms with E-state index in [4.69, 9.17) is 9.84 Å². The van der Waals surface area contributed by atoms with E-state index in [1.807, 2.05) is 0 Å². The van der Waals surface area contributed by atoms with Crippen molar-refractivity contribution in [2.75, 3.05) is 6.61 Å². The van der Waals surface area contributed by atoms with Gasteiger partial charge in [-0.25, -0.2) is 4.79 Å². The summed E-state index contributed by atoms with van der Waals surface area (Å²) in [5, 5.41) is 27.1. The molecule has 0 amide bonds. The number of aliphatic hydroxyl groups is 1. The van der Waals surface area contributed by atoms with Gasteiger partial charge >= 0.3 is 5.97 Å². The van der Waals surface area contributed by atoms with Crippen molar-refractivity contribution in [1.29, 1.82) is 0 Å². The number of phenols is 1. The molecule has 3 N–H and O–H groups in total. The van der Waals surface area contributed by atoms with Gasteiger partial charge < -0.3 is 20.1 Å². The zero-order chi connectivity index (χ0) is 11.4. The van der Waals surface area contributed by atoms with Crippen molar-refractivity contribution in [2.45, 2.75) is 13.0 Å². The van der Waals surface area contributed by atoms with Gasteiger partial charge in [0.2, 0.25) is 0 Å². The van der Waals surface area contributed by atoms with Gasteiger partial charge in [-0.15, -0.1) is 0 Å². The zero-order valence-corrected chi connectivity index (χ0v) is 8.17. The minimum Gasteiger partial charge on any atom is -0.504 e. The average molecular weight is 212 g/mol. The van der Waals surface area contributed by atoms with Crippen LogP contribution in [0.2, 0.25) is 0 Å². The highest BCUT2D eigenvalue weighted by Gasteiger charge is 2.17. The lowest BCUT2D eigenvalue weighted by atomic mass is 10.1. The third-order valence-corrected chi connectivity index (χ3v) is 1.83. The van der Waals surface area contributed by atoms with Crippen LogP contribution >= 0.6 is 0 Å². The number of hydrogen-bond acceptors (Lipinski definition) is 4. The zero-order valence-electron chi connectivity index (χ0n) is 8.17. The van der Waals surface area contributed by atoms with Crippen LogP contribution in [-0.4, -0.2) is 27.9 Å². The van der Waals surface area contributed by atoms with Crippen molar-refractivity contribution in [2.24, 2.45) is 0 Å². The fraction of sp³-hybridized carbons (Fsp3) is 0.300. The monoisotopic (exact) mass is 212 g/mol. The summed E-state index contributed by atoms with van der Waals surface area (Å²) in [7, 11) is 0. The van der Waals surface area contributed by atoms with Gasteiger partial charge in [0, 0.05) is 0 Å². The van der Waals surface area contributed by atoms with Gasteiger partial charge in [-0.1, -0.05) is 6.07 Å². The van der Waals surface area contributed by atoms with Gasteiger partial charge in [0.05, 0.1) is 6.61 Å². The lowest BCUT2D eigenvalue weighted by Crippen LogP contribution is -2.10. The lowest BCUT2D eigenvalue weighted by Gasteiger charge is -2.10. The van der Waals surface area contributed by atoms with E-state index in [1.54, 1.807) is 6.92 Å². The molecule has 82 valence electrons. The van der Waals surface area contributed by atoms with E-state index in [2.05, 4.69) is 0 Å². The Hall–Kier alpha value is -1.75. The van der Waals surface area contributed by atoms with Crippen molar-refractivity contribution < 1.29 is 24.9 Å². The SMILES string of the molecule is CCOc1cc([C@@H](O)C(=O)O)ccc1O. The van der Waals surface area contributed by atoms with Crippen LogP contribution in [0.5, 0.6) is 11.5 Å². The summed E-state index contributed by atoms with van der Waals surface area (Å²) >= 11 is 0. The number of rotatable bonds is 4. The van der Waals surface area contributed by atoms with E-state index in [0.717, 1.165) is 0 Å². The Morgan fingerprint density at radius 1 is 1.53 bits per heavy atom. The quantitative estimate of drug-likeness (QED) is 0.690. The van der Waals surface area contributed by atoms with Crippen LogP contribution in [0.3, 0.4) is 0 Å². The molecule has 1 rings (SSSR count). The maximum Gasteiger partial charge on any atom is 0.337 e. The Balaban J connectivity index is 3.01. The highest BCUT2D eigenvalue weighted by molar-refractivity contribution is 5.74. The first-order valence-corrected chi connectivity index (χ1v) is 4.42. The first-order chi connectivity index (χ1) is 7.06. The summed E-state index contributed by atoms with van der Waals surface area (Å²) in [5.41, 5.74) is 0.170. The number of carboxylic acid groups (broad SMARTS) is 1. The van der Waals surface area contributed by atoms with Crippen LogP contribution in [0.1, 0.15) is 18.6 Å². The van der Waals surface area contributed by atoms with E-state index in [9.17, 15) is 15.0 Å². The summed E-state index contributed by atoms with van der Waals surface area (Å²) in [6, 6.07) is 3.92. The maximum atomic E-state index is 10.5. The van der Waals surface area contributed by atoms with Crippen molar-refractivity contribution in [3.05, 3.63) is 23.8 Å². The summed E-state index contributed by atoms with van der Waals surface area (Å²) in [5.74, 6) is -1.27. The molecule has 5 nitrogen and oxygen atoms in total. The molecule has 1 aromatic rings. The summed E-state index contributed by atoms with van der Waals surface area (Å²) in [6.45, 7) is 2.08. The molecule has 5 heteroatoms. The van der Waals surface area contributed by atoms with Crippen LogP contribution in [0.15, 0.2) is 18.2 Å². The molecule has 0 aromatic heterocycles. The first kappa shape index (κ1) is 11.3. The van der Waals surface area contributed by atoms with Gasteiger partial charge in [-0.3, -0.25) is 0 Å². The lowest BCUT2D eigenvalue weighted by molar-refractivity contribution is -0.146. The van der Waals surface area contributed by atoms with Gasteiger partial charge in [0.15, 0.2) is 17.6 Å². The normalized spacial score (nSPS) is 12.1. The Kier molecular flexibility index (Phi) is 3.51. The third kappa shape index (κ3) is 2.60. The van der Waals surface area contributed by atoms with Gasteiger partial charge in [0.1, 0.15) is 0 Å². The number of phenolic OH excluding ortho intramolecular Hbond substituents is 1. The Morgan fingerprint density at radius 3 is 2.73 bits per heavy atom. The minimum atomic E-state index is -1.61. The molecule has 0 fully saturated rings. The Morgan fingerprint density at radius 2 is 2.20 bits per heavy atom. The second kappa shape index (κ2) is 4.65. The molecule has 0 saturated heterocycles. The molecule has 1 aromatic carbocycles. The number of carboxylic acids is 1. The maximum absolute atomic E-state index is 10.5. The summed E-state index contributed by atoms with van der Waals surface area (Å²) in [4.78, 5) is 10.5. The molecule has 0 radical (unpaired) electrons. The van der Waals surface area contributed by atoms with Crippen LogP contribution in [0.4, 0.5) is 0 Å². The van der Waals surface area contributed by atoms with Gasteiger partial charge in [0.25, 0.3) is 0 Å². The standard InChI is InChI=1S/C10H12O5/c1-2-15-8-5-6(3-4-7(8)11)9(12)10(13)14/h3-5,9,11-12H,2H2,1H3,(H,13,14)/t9-/m1/s1. The molecule has 0 unspecified atom stereocenters. The predicted octanol–water partition coefficient (Wildman–Crippen LogP) is 0.909. The highest BCUT2D eigenvalue weighted by atomic mass is 16.5. The van der Waals surface area contributed by atoms with E-state index < -0.39 is 12.1 Å². The van der Waals surface area contributed by atoms with Crippen LogP contribution in [0, 0.1) is 0 Å². The van der Waals surface area contributed by atoms with Crippen LogP contribution in [0.25, 0.3) is 0 Å². The van der Waals surface area contributed by atoms with E-state index in [0.29, 0.717) is 6.61 Å². The fourth-order valence-electron chi connectivity index (χ4n) is 1.11. The van der Waals surface area contributed by atoms with Crippen LogP contribution < -0.4 is 4.74 Å². The van der Waals surface area contributed by atoms with Crippen molar-refractivity contribution in [3.63, 3.8) is 0 Å². The number of aromatic hydroxyl groups is 1. The molecule has 0 saturated carbocycles. The molecule has 0 heterocycles. The molecule has 0 bridgehead atoms. The number of benzene rings is 1. The van der Waals surface area contributed by atoms with Crippen molar-refractivity contribution in [1.82, 2.24) is 0 Å². The molecule has 0 aliphatic heterocycles. The Bertz CT molecular complexity index is 361. The second-order valence-corrected chi connectivity index (χ2v) is 2.90. The molecular formula is C10H12O5. The smallest absolute Gasteiger partial charge is 0.337 e. The van der Waals surface area contributed by atoms with Crippen molar-refractivity contribution in [3.8, 4) is 11.5 Å². The van der Waals surface area contributed by atoms with E-state index in [-0.39, 0.29) is 17.1 Å². The molecule has 15 heavy (non-hydrogen) atoms. The Labute approximate surface area is 86.5 Å². The summed E-state index contributed by atoms with van der Waals surface area (Å²) < 4.78 is 5.05. The van der Waals surface area contributed by atoms with E-state index >= 15 is 0 Å². The fourth-order valence-corrected chi connectivity index (χ4v) is 1.11. The minimum absolute atomic E-state index is 0.0850. The highest BCUT2D eigenvalue weighted by Crippen LogP contribution is 2.29. The van der Waals surface area contributed by atoms with Crippen molar-refractivity contribution >= 4 is 5.97 Å². The van der Waals surface area contributed by atoms with Crippen LogP contribution in [-0.2, 0) is 4.79 Å². The largest absolute Gasteiger partial charge is 0.504 e. The predicted molar refractivity (Wildman–Crippen MR) is 51.9 cm³/mol. The molecule has 0 aliphatic carbocycles. The number of aliphatic hydroxyl groups excluding tert-OH is 1. The number of aliphatic carboxylic acids is 1. The average Bonchev–Trinajstić information content (AvgIpc) is 2.20.